The first-order valence-corrected chi connectivity index (χ1v) is 8.01. The number of nitrogens with one attached hydrogen (secondary N) is 5. The van der Waals surface area contributed by atoms with Gasteiger partial charge in [-0.2, -0.15) is 5.48 Å². The quantitative estimate of drug-likeness (QED) is 0.551. The van der Waals surface area contributed by atoms with E-state index in [4.69, 9.17) is 4.84 Å². The van der Waals surface area contributed by atoms with Crippen LogP contribution in [0.2, 0.25) is 0 Å². The van der Waals surface area contributed by atoms with E-state index in [-0.39, 0.29) is 24.5 Å². The Morgan fingerprint density at radius 3 is 2.75 bits per heavy atom. The normalized spacial score (nSPS) is 23.8. The standard InChI is InChI=1S/C17H23N5O2/c1-11-9-15(22-24-2)20-16(18-11)21-17(23)19-14-8-7-12-5-3-4-6-13(12)10-14/h3-8,10-11,15-16,18,20,22H,9H2,1-2H3,(H2,19,21,23). The largest absolute Gasteiger partial charge is 0.321 e. The Morgan fingerprint density at radius 2 is 1.96 bits per heavy atom. The molecule has 3 atom stereocenters. The van der Waals surface area contributed by atoms with Crippen molar-refractivity contribution < 1.29 is 9.63 Å². The van der Waals surface area contributed by atoms with Crippen LogP contribution in [-0.2, 0) is 4.84 Å². The minimum absolute atomic E-state index is 0.0304. The van der Waals surface area contributed by atoms with Crippen molar-refractivity contribution in [2.75, 3.05) is 12.4 Å². The lowest BCUT2D eigenvalue weighted by molar-refractivity contribution is 0.0234. The zero-order valence-electron chi connectivity index (χ0n) is 13.8. The molecule has 7 heteroatoms. The van der Waals surface area contributed by atoms with Gasteiger partial charge in [0.2, 0.25) is 0 Å². The van der Waals surface area contributed by atoms with Crippen LogP contribution < -0.4 is 26.7 Å². The number of benzene rings is 2. The SMILES string of the molecule is CONC1CC(C)NC(NC(=O)Nc2ccc3ccccc3c2)N1. The Hall–Kier alpha value is -2.19. The highest BCUT2D eigenvalue weighted by atomic mass is 16.6. The van der Waals surface area contributed by atoms with E-state index in [1.807, 2.05) is 42.5 Å². The Labute approximate surface area is 141 Å². The second kappa shape index (κ2) is 7.59. The van der Waals surface area contributed by atoms with Crippen molar-refractivity contribution in [1.29, 1.82) is 0 Å². The number of carbonyl (C=O) groups excluding carboxylic acids is 1. The Kier molecular flexibility index (Phi) is 5.27. The summed E-state index contributed by atoms with van der Waals surface area (Å²) in [5, 5.41) is 14.4. The van der Waals surface area contributed by atoms with Crippen molar-refractivity contribution in [2.24, 2.45) is 0 Å². The third kappa shape index (κ3) is 4.21. The fourth-order valence-electron chi connectivity index (χ4n) is 2.90. The number of anilines is 1. The Bertz CT molecular complexity index is 708. The van der Waals surface area contributed by atoms with Crippen LogP contribution in [0.5, 0.6) is 0 Å². The predicted octanol–water partition coefficient (Wildman–Crippen LogP) is 1.69. The van der Waals surface area contributed by atoms with E-state index in [0.717, 1.165) is 22.9 Å². The summed E-state index contributed by atoms with van der Waals surface area (Å²) in [6.45, 7) is 2.06. The number of hydrogen-bond donors (Lipinski definition) is 5. The van der Waals surface area contributed by atoms with E-state index in [1.165, 1.54) is 0 Å². The van der Waals surface area contributed by atoms with Gasteiger partial charge in [0.25, 0.3) is 0 Å². The Balaban J connectivity index is 1.59. The van der Waals surface area contributed by atoms with E-state index in [2.05, 4.69) is 33.7 Å². The summed E-state index contributed by atoms with van der Waals surface area (Å²) in [5.41, 5.74) is 3.62. The zero-order chi connectivity index (χ0) is 16.9. The molecule has 1 fully saturated rings. The highest BCUT2D eigenvalue weighted by molar-refractivity contribution is 5.93. The van der Waals surface area contributed by atoms with Crippen LogP contribution in [0.1, 0.15) is 13.3 Å². The maximum Gasteiger partial charge on any atom is 0.321 e. The molecule has 24 heavy (non-hydrogen) atoms. The van der Waals surface area contributed by atoms with E-state index >= 15 is 0 Å². The smallest absolute Gasteiger partial charge is 0.310 e. The maximum absolute atomic E-state index is 12.2. The van der Waals surface area contributed by atoms with Gasteiger partial charge in [0.05, 0.1) is 13.3 Å². The number of carbonyl (C=O) groups is 1. The second-order valence-electron chi connectivity index (χ2n) is 5.94. The molecule has 0 radical (unpaired) electrons. The number of amides is 2. The van der Waals surface area contributed by atoms with Crippen molar-refractivity contribution >= 4 is 22.5 Å². The van der Waals surface area contributed by atoms with Gasteiger partial charge in [0, 0.05) is 11.7 Å². The van der Waals surface area contributed by atoms with Crippen LogP contribution in [0, 0.1) is 0 Å². The van der Waals surface area contributed by atoms with Crippen LogP contribution >= 0.6 is 0 Å². The molecule has 1 saturated heterocycles. The molecule has 7 nitrogen and oxygen atoms in total. The van der Waals surface area contributed by atoms with Crippen LogP contribution in [0.3, 0.4) is 0 Å². The van der Waals surface area contributed by atoms with Gasteiger partial charge in [-0.25, -0.2) is 4.79 Å². The average molecular weight is 329 g/mol. The van der Waals surface area contributed by atoms with Gasteiger partial charge in [-0.1, -0.05) is 30.3 Å². The summed E-state index contributed by atoms with van der Waals surface area (Å²) in [4.78, 5) is 17.2. The summed E-state index contributed by atoms with van der Waals surface area (Å²) in [6.07, 6.45) is 0.470. The summed E-state index contributed by atoms with van der Waals surface area (Å²) >= 11 is 0. The maximum atomic E-state index is 12.2. The number of fused-ring (bicyclic) bond motifs is 1. The molecular weight excluding hydrogens is 306 g/mol. The highest BCUT2D eigenvalue weighted by Gasteiger charge is 2.25. The van der Waals surface area contributed by atoms with Gasteiger partial charge in [-0.05, 0) is 36.2 Å². The van der Waals surface area contributed by atoms with Crippen LogP contribution in [0.4, 0.5) is 10.5 Å². The first-order chi connectivity index (χ1) is 11.6. The third-order valence-corrected chi connectivity index (χ3v) is 3.95. The van der Waals surface area contributed by atoms with E-state index in [1.54, 1.807) is 7.11 Å². The molecule has 0 aliphatic carbocycles. The summed E-state index contributed by atoms with van der Waals surface area (Å²) in [6, 6.07) is 13.8. The molecule has 2 aromatic rings. The summed E-state index contributed by atoms with van der Waals surface area (Å²) in [7, 11) is 1.57. The Morgan fingerprint density at radius 1 is 1.17 bits per heavy atom. The molecule has 3 unspecified atom stereocenters. The molecule has 3 rings (SSSR count). The fraction of sp³-hybridized carbons (Fsp3) is 0.353. The molecular formula is C17H23N5O2. The lowest BCUT2D eigenvalue weighted by atomic mass is 10.1. The molecule has 1 heterocycles. The van der Waals surface area contributed by atoms with Gasteiger partial charge >= 0.3 is 6.03 Å². The van der Waals surface area contributed by atoms with E-state index < -0.39 is 0 Å². The van der Waals surface area contributed by atoms with Gasteiger partial charge in [0.1, 0.15) is 6.29 Å². The van der Waals surface area contributed by atoms with Crippen molar-refractivity contribution in [3.05, 3.63) is 42.5 Å². The molecule has 2 amide bonds. The number of hydroxylamine groups is 1. The molecule has 0 bridgehead atoms. The van der Waals surface area contributed by atoms with E-state index in [0.29, 0.717) is 0 Å². The van der Waals surface area contributed by atoms with Crippen molar-refractivity contribution in [3.8, 4) is 0 Å². The van der Waals surface area contributed by atoms with Gasteiger partial charge in [-0.3, -0.25) is 10.6 Å². The van der Waals surface area contributed by atoms with Crippen molar-refractivity contribution in [2.45, 2.75) is 31.8 Å². The molecule has 0 aromatic heterocycles. The molecule has 0 spiro atoms. The number of urea groups is 1. The lowest BCUT2D eigenvalue weighted by Gasteiger charge is -2.36. The molecule has 1 aliphatic heterocycles. The molecule has 128 valence electrons. The predicted molar refractivity (Wildman–Crippen MR) is 94.2 cm³/mol. The minimum Gasteiger partial charge on any atom is -0.310 e. The van der Waals surface area contributed by atoms with Crippen molar-refractivity contribution in [1.82, 2.24) is 21.4 Å². The monoisotopic (exact) mass is 329 g/mol. The number of hydrogen-bond acceptors (Lipinski definition) is 5. The topological polar surface area (TPSA) is 86.5 Å². The second-order valence-corrected chi connectivity index (χ2v) is 5.94. The number of rotatable bonds is 4. The zero-order valence-corrected chi connectivity index (χ0v) is 13.8. The third-order valence-electron chi connectivity index (χ3n) is 3.95. The van der Waals surface area contributed by atoms with Gasteiger partial charge in [-0.15, -0.1) is 0 Å². The first-order valence-electron chi connectivity index (χ1n) is 8.01. The van der Waals surface area contributed by atoms with E-state index in [9.17, 15) is 4.79 Å². The summed E-state index contributed by atoms with van der Waals surface area (Å²) in [5.74, 6) is 0. The molecule has 2 aromatic carbocycles. The minimum atomic E-state index is -0.346. The van der Waals surface area contributed by atoms with Gasteiger partial charge in [0.15, 0.2) is 0 Å². The van der Waals surface area contributed by atoms with Crippen molar-refractivity contribution in [3.63, 3.8) is 0 Å². The van der Waals surface area contributed by atoms with Crippen LogP contribution in [-0.4, -0.2) is 31.6 Å². The lowest BCUT2D eigenvalue weighted by Crippen LogP contribution is -2.67. The average Bonchev–Trinajstić information content (AvgIpc) is 2.54. The van der Waals surface area contributed by atoms with Crippen LogP contribution in [0.15, 0.2) is 42.5 Å². The molecule has 1 aliphatic rings. The summed E-state index contributed by atoms with van der Waals surface area (Å²) < 4.78 is 0. The first kappa shape index (κ1) is 16.7. The van der Waals surface area contributed by atoms with Crippen LogP contribution in [0.25, 0.3) is 10.8 Å². The molecule has 5 N–H and O–H groups in total. The molecule has 0 saturated carbocycles. The fourth-order valence-corrected chi connectivity index (χ4v) is 2.90. The van der Waals surface area contributed by atoms with Gasteiger partial charge < -0.3 is 15.5 Å². The highest BCUT2D eigenvalue weighted by Crippen LogP contribution is 2.18.